The average molecular weight is 266 g/mol. The number of nitro groups is 1. The molecule has 2 amide bonds. The van der Waals surface area contributed by atoms with Crippen LogP contribution >= 0.6 is 0 Å². The van der Waals surface area contributed by atoms with Gasteiger partial charge in [0.15, 0.2) is 0 Å². The summed E-state index contributed by atoms with van der Waals surface area (Å²) >= 11 is 0. The third-order valence-electron chi connectivity index (χ3n) is 2.25. The van der Waals surface area contributed by atoms with E-state index in [-0.39, 0.29) is 23.5 Å². The largest absolute Gasteiger partial charge is 0.371 e. The number of nitrogens with one attached hydrogen (secondary N) is 2. The van der Waals surface area contributed by atoms with Gasteiger partial charge in [-0.2, -0.15) is 0 Å². The summed E-state index contributed by atoms with van der Waals surface area (Å²) in [4.78, 5) is 32.5. The number of primary amides is 1. The molecule has 1 aromatic rings. The molecule has 0 spiro atoms. The molecule has 0 radical (unpaired) electrons. The zero-order valence-electron chi connectivity index (χ0n) is 10.3. The van der Waals surface area contributed by atoms with Crippen LogP contribution in [0.15, 0.2) is 18.2 Å². The molecule has 0 saturated carbocycles. The van der Waals surface area contributed by atoms with Crippen LogP contribution in [-0.2, 0) is 4.79 Å². The van der Waals surface area contributed by atoms with Crippen molar-refractivity contribution in [1.82, 2.24) is 5.32 Å². The van der Waals surface area contributed by atoms with Crippen molar-refractivity contribution >= 4 is 23.2 Å². The molecule has 0 saturated heterocycles. The Morgan fingerprint density at radius 3 is 2.63 bits per heavy atom. The molecule has 8 nitrogen and oxygen atoms in total. The second kappa shape index (κ2) is 6.34. The van der Waals surface area contributed by atoms with Gasteiger partial charge in [-0.3, -0.25) is 19.7 Å². The number of nitro benzene ring substituents is 1. The minimum absolute atomic E-state index is 0.136. The highest BCUT2D eigenvalue weighted by atomic mass is 16.6. The van der Waals surface area contributed by atoms with E-state index in [2.05, 4.69) is 10.6 Å². The van der Waals surface area contributed by atoms with E-state index in [1.54, 1.807) is 6.92 Å². The van der Waals surface area contributed by atoms with Gasteiger partial charge in [-0.1, -0.05) is 0 Å². The number of benzene rings is 1. The van der Waals surface area contributed by atoms with Crippen molar-refractivity contribution in [2.45, 2.75) is 6.92 Å². The monoisotopic (exact) mass is 266 g/mol. The predicted octanol–water partition coefficient (Wildman–Crippen LogP) is 0.242. The maximum atomic E-state index is 11.6. The predicted molar refractivity (Wildman–Crippen MR) is 68.8 cm³/mol. The molecule has 0 atom stereocenters. The fraction of sp³-hybridized carbons (Fsp3) is 0.273. The number of hydrogen-bond acceptors (Lipinski definition) is 5. The van der Waals surface area contributed by atoms with E-state index >= 15 is 0 Å². The van der Waals surface area contributed by atoms with E-state index < -0.39 is 16.7 Å². The van der Waals surface area contributed by atoms with Gasteiger partial charge in [0.25, 0.3) is 11.6 Å². The lowest BCUT2D eigenvalue weighted by atomic mass is 10.1. The Balaban J connectivity index is 3.04. The number of amides is 2. The molecule has 1 rings (SSSR count). The molecule has 102 valence electrons. The van der Waals surface area contributed by atoms with Crippen LogP contribution in [0.3, 0.4) is 0 Å². The van der Waals surface area contributed by atoms with Crippen LogP contribution < -0.4 is 16.4 Å². The third-order valence-corrected chi connectivity index (χ3v) is 2.25. The number of carbonyl (C=O) groups excluding carboxylic acids is 2. The quantitative estimate of drug-likeness (QED) is 0.502. The van der Waals surface area contributed by atoms with Crippen molar-refractivity contribution < 1.29 is 14.5 Å². The van der Waals surface area contributed by atoms with Crippen LogP contribution in [0.1, 0.15) is 17.3 Å². The van der Waals surface area contributed by atoms with Gasteiger partial charge >= 0.3 is 0 Å². The summed E-state index contributed by atoms with van der Waals surface area (Å²) in [5.41, 5.74) is 4.98. The fourth-order valence-electron chi connectivity index (χ4n) is 1.42. The lowest BCUT2D eigenvalue weighted by Gasteiger charge is -2.07. The molecule has 0 aromatic heterocycles. The molecule has 0 heterocycles. The number of hydrogen-bond donors (Lipinski definition) is 3. The molecule has 0 unspecified atom stereocenters. The van der Waals surface area contributed by atoms with Gasteiger partial charge in [0.1, 0.15) is 5.69 Å². The topological polar surface area (TPSA) is 127 Å². The summed E-state index contributed by atoms with van der Waals surface area (Å²) in [7, 11) is 0. The average Bonchev–Trinajstić information content (AvgIpc) is 2.36. The van der Waals surface area contributed by atoms with Crippen molar-refractivity contribution in [3.8, 4) is 0 Å². The first-order valence-electron chi connectivity index (χ1n) is 5.54. The van der Waals surface area contributed by atoms with Gasteiger partial charge in [0, 0.05) is 18.2 Å². The molecule has 0 aliphatic rings. The maximum absolute atomic E-state index is 11.6. The molecule has 4 N–H and O–H groups in total. The fourth-order valence-corrected chi connectivity index (χ4v) is 1.42. The Morgan fingerprint density at radius 2 is 2.11 bits per heavy atom. The smallest absolute Gasteiger partial charge is 0.293 e. The second-order valence-electron chi connectivity index (χ2n) is 3.67. The summed E-state index contributed by atoms with van der Waals surface area (Å²) < 4.78 is 0. The van der Waals surface area contributed by atoms with E-state index in [4.69, 9.17) is 5.73 Å². The molecule has 19 heavy (non-hydrogen) atoms. The van der Waals surface area contributed by atoms with Crippen LogP contribution in [0, 0.1) is 10.1 Å². The van der Waals surface area contributed by atoms with Crippen molar-refractivity contribution in [3.63, 3.8) is 0 Å². The van der Waals surface area contributed by atoms with Crippen molar-refractivity contribution in [2.75, 3.05) is 18.4 Å². The zero-order chi connectivity index (χ0) is 14.4. The summed E-state index contributed by atoms with van der Waals surface area (Å²) in [5, 5.41) is 16.0. The third kappa shape index (κ3) is 3.95. The first-order valence-corrected chi connectivity index (χ1v) is 5.54. The lowest BCUT2D eigenvalue weighted by molar-refractivity contribution is -0.384. The van der Waals surface area contributed by atoms with E-state index in [0.29, 0.717) is 6.54 Å². The molecule has 8 heteroatoms. The number of nitrogens with zero attached hydrogens (tertiary/aromatic N) is 1. The van der Waals surface area contributed by atoms with E-state index in [9.17, 15) is 19.7 Å². The molecule has 0 aliphatic heterocycles. The Kier molecular flexibility index (Phi) is 4.81. The Labute approximate surface area is 109 Å². The molecule has 0 aliphatic carbocycles. The second-order valence-corrected chi connectivity index (χ2v) is 3.67. The number of carbonyl (C=O) groups is 2. The molecular weight excluding hydrogens is 252 g/mol. The Hall–Kier alpha value is -2.64. The normalized spacial score (nSPS) is 9.74. The van der Waals surface area contributed by atoms with Gasteiger partial charge in [-0.15, -0.1) is 0 Å². The number of anilines is 1. The maximum Gasteiger partial charge on any atom is 0.293 e. The summed E-state index contributed by atoms with van der Waals surface area (Å²) in [6.07, 6.45) is 0. The molecular formula is C11H14N4O4. The Morgan fingerprint density at radius 1 is 1.42 bits per heavy atom. The molecule has 0 bridgehead atoms. The highest BCUT2D eigenvalue weighted by Gasteiger charge is 2.17. The van der Waals surface area contributed by atoms with Gasteiger partial charge in [-0.05, 0) is 19.1 Å². The SMILES string of the molecule is CCNC(=O)c1ccc(NCC(N)=O)c([N+](=O)[O-])c1. The van der Waals surface area contributed by atoms with Crippen LogP contribution in [0.5, 0.6) is 0 Å². The van der Waals surface area contributed by atoms with E-state index in [0.717, 1.165) is 6.07 Å². The van der Waals surface area contributed by atoms with Crippen LogP contribution in [0.25, 0.3) is 0 Å². The van der Waals surface area contributed by atoms with Crippen LogP contribution in [0.2, 0.25) is 0 Å². The van der Waals surface area contributed by atoms with Gasteiger partial charge in [0.2, 0.25) is 5.91 Å². The standard InChI is InChI=1S/C11H14N4O4/c1-2-13-11(17)7-3-4-8(14-6-10(12)16)9(5-7)15(18)19/h3-5,14H,2,6H2,1H3,(H2,12,16)(H,13,17). The minimum atomic E-state index is -0.637. The highest BCUT2D eigenvalue weighted by Crippen LogP contribution is 2.25. The number of nitrogens with two attached hydrogens (primary N) is 1. The van der Waals surface area contributed by atoms with Crippen molar-refractivity contribution in [3.05, 3.63) is 33.9 Å². The minimum Gasteiger partial charge on any atom is -0.371 e. The van der Waals surface area contributed by atoms with Crippen molar-refractivity contribution in [1.29, 1.82) is 0 Å². The summed E-state index contributed by atoms with van der Waals surface area (Å²) in [6.45, 7) is 1.95. The van der Waals surface area contributed by atoms with Crippen LogP contribution in [0.4, 0.5) is 11.4 Å². The van der Waals surface area contributed by atoms with Crippen molar-refractivity contribution in [2.24, 2.45) is 5.73 Å². The number of rotatable bonds is 6. The molecule has 1 aromatic carbocycles. The first kappa shape index (κ1) is 14.4. The van der Waals surface area contributed by atoms with Gasteiger partial charge in [0.05, 0.1) is 11.5 Å². The van der Waals surface area contributed by atoms with Gasteiger partial charge < -0.3 is 16.4 Å². The highest BCUT2D eigenvalue weighted by molar-refractivity contribution is 5.95. The van der Waals surface area contributed by atoms with E-state index in [1.807, 2.05) is 0 Å². The van der Waals surface area contributed by atoms with Crippen LogP contribution in [-0.4, -0.2) is 29.8 Å². The summed E-state index contributed by atoms with van der Waals surface area (Å²) in [6, 6.07) is 3.95. The Bertz CT molecular complexity index is 515. The summed E-state index contributed by atoms with van der Waals surface area (Å²) in [5.74, 6) is -1.03. The van der Waals surface area contributed by atoms with E-state index in [1.165, 1.54) is 12.1 Å². The lowest BCUT2D eigenvalue weighted by Crippen LogP contribution is -2.23. The first-order chi connectivity index (χ1) is 8.95. The van der Waals surface area contributed by atoms with Gasteiger partial charge in [-0.25, -0.2) is 0 Å². The zero-order valence-corrected chi connectivity index (χ0v) is 10.3. The molecule has 0 fully saturated rings.